The molecule has 0 unspecified atom stereocenters. The molecule has 7 nitrogen and oxygen atoms in total. The first kappa shape index (κ1) is 23.4. The van der Waals surface area contributed by atoms with E-state index in [9.17, 15) is 19.2 Å². The van der Waals surface area contributed by atoms with Gasteiger partial charge in [0, 0.05) is 21.8 Å². The Hall–Kier alpha value is -4.30. The number of fused-ring (bicyclic) bond motifs is 1. The van der Waals surface area contributed by atoms with Crippen LogP contribution in [0.3, 0.4) is 0 Å². The summed E-state index contributed by atoms with van der Waals surface area (Å²) in [6.07, 6.45) is 0. The fraction of sp³-hybridized carbons (Fsp3) is 0.143. The zero-order valence-corrected chi connectivity index (χ0v) is 20.5. The van der Waals surface area contributed by atoms with Crippen LogP contribution in [0.15, 0.2) is 72.1 Å². The van der Waals surface area contributed by atoms with Crippen LogP contribution in [0.25, 0.3) is 0 Å². The molecule has 1 aliphatic heterocycles. The van der Waals surface area contributed by atoms with E-state index in [0.717, 1.165) is 16.3 Å². The predicted molar refractivity (Wildman–Crippen MR) is 136 cm³/mol. The first-order valence-electron chi connectivity index (χ1n) is 11.3. The summed E-state index contributed by atoms with van der Waals surface area (Å²) in [5.41, 5.74) is 3.57. The number of imide groups is 1. The van der Waals surface area contributed by atoms with Gasteiger partial charge in [-0.25, -0.2) is 9.69 Å². The van der Waals surface area contributed by atoms with Crippen molar-refractivity contribution in [3.05, 3.63) is 111 Å². The molecule has 0 saturated carbocycles. The van der Waals surface area contributed by atoms with Gasteiger partial charge in [-0.15, -0.1) is 11.3 Å². The van der Waals surface area contributed by atoms with Gasteiger partial charge < -0.3 is 9.30 Å². The van der Waals surface area contributed by atoms with Gasteiger partial charge in [-0.2, -0.15) is 0 Å². The van der Waals surface area contributed by atoms with E-state index in [1.54, 1.807) is 35.6 Å². The number of rotatable bonds is 7. The third kappa shape index (κ3) is 4.16. The van der Waals surface area contributed by atoms with Crippen molar-refractivity contribution >= 4 is 40.6 Å². The molecule has 0 radical (unpaired) electrons. The summed E-state index contributed by atoms with van der Waals surface area (Å²) in [4.78, 5) is 52.9. The third-order valence-corrected chi connectivity index (χ3v) is 7.12. The molecule has 0 aliphatic carbocycles. The second-order valence-electron chi connectivity index (χ2n) is 8.49. The zero-order valence-electron chi connectivity index (χ0n) is 19.7. The van der Waals surface area contributed by atoms with Crippen molar-refractivity contribution in [3.63, 3.8) is 0 Å². The number of aryl methyl sites for hydroxylation is 1. The summed E-state index contributed by atoms with van der Waals surface area (Å²) in [5, 5.41) is 2.02. The summed E-state index contributed by atoms with van der Waals surface area (Å²) >= 11 is 1.66. The van der Waals surface area contributed by atoms with E-state index in [1.165, 1.54) is 29.1 Å². The van der Waals surface area contributed by atoms with E-state index >= 15 is 0 Å². The van der Waals surface area contributed by atoms with Crippen LogP contribution in [0.4, 0.5) is 5.69 Å². The lowest BCUT2D eigenvalue weighted by atomic mass is 10.1. The lowest BCUT2D eigenvalue weighted by Crippen LogP contribution is -2.29. The van der Waals surface area contributed by atoms with E-state index in [4.69, 9.17) is 4.74 Å². The summed E-state index contributed by atoms with van der Waals surface area (Å²) in [7, 11) is 0. The van der Waals surface area contributed by atoms with Crippen molar-refractivity contribution in [2.75, 3.05) is 11.5 Å². The molecule has 0 saturated heterocycles. The number of benzene rings is 2. The molecule has 36 heavy (non-hydrogen) atoms. The first-order valence-corrected chi connectivity index (χ1v) is 12.2. The Labute approximate surface area is 211 Å². The normalized spacial score (nSPS) is 12.7. The Balaban J connectivity index is 1.24. The molecular weight excluding hydrogens is 476 g/mol. The van der Waals surface area contributed by atoms with Gasteiger partial charge in [0.25, 0.3) is 11.8 Å². The Bertz CT molecular complexity index is 1460. The standard InChI is InChI=1S/C28H22N2O5S/c1-17-14-24(18(2)29(17)15-21-6-5-13-36-21)25(31)16-35-28(34)19-9-11-20(12-10-19)30-26(32)22-7-3-4-8-23(22)27(30)33/h3-14H,15-16H2,1-2H3. The number of Topliss-reactive ketones (excluding diaryl/α,β-unsaturated/α-hetero) is 1. The van der Waals surface area contributed by atoms with Crippen molar-refractivity contribution in [3.8, 4) is 0 Å². The molecule has 3 heterocycles. The lowest BCUT2D eigenvalue weighted by molar-refractivity contribution is 0.0474. The number of carbonyl (C=O) groups is 4. The molecular formula is C28H22N2O5S. The fourth-order valence-corrected chi connectivity index (χ4v) is 5.04. The average Bonchev–Trinajstić information content (AvgIpc) is 3.57. The van der Waals surface area contributed by atoms with E-state index in [2.05, 4.69) is 4.57 Å². The van der Waals surface area contributed by atoms with Crippen LogP contribution >= 0.6 is 11.3 Å². The van der Waals surface area contributed by atoms with Crippen molar-refractivity contribution in [2.24, 2.45) is 0 Å². The zero-order chi connectivity index (χ0) is 25.4. The van der Waals surface area contributed by atoms with Gasteiger partial charge in [0.2, 0.25) is 5.78 Å². The van der Waals surface area contributed by atoms with Gasteiger partial charge in [-0.3, -0.25) is 14.4 Å². The molecule has 8 heteroatoms. The predicted octanol–water partition coefficient (Wildman–Crippen LogP) is 5.06. The maximum absolute atomic E-state index is 12.8. The number of thiophene rings is 1. The largest absolute Gasteiger partial charge is 0.454 e. The highest BCUT2D eigenvalue weighted by Gasteiger charge is 2.36. The van der Waals surface area contributed by atoms with Crippen molar-refractivity contribution in [2.45, 2.75) is 20.4 Å². The summed E-state index contributed by atoms with van der Waals surface area (Å²) < 4.78 is 7.34. The lowest BCUT2D eigenvalue weighted by Gasteiger charge is -2.14. The molecule has 4 aromatic rings. The van der Waals surface area contributed by atoms with E-state index in [1.807, 2.05) is 37.4 Å². The highest BCUT2D eigenvalue weighted by atomic mass is 32.1. The number of ether oxygens (including phenoxy) is 1. The minimum Gasteiger partial charge on any atom is -0.454 e. The Kier molecular flexibility index (Phi) is 6.12. The number of esters is 1. The van der Waals surface area contributed by atoms with Gasteiger partial charge >= 0.3 is 5.97 Å². The molecule has 0 bridgehead atoms. The van der Waals surface area contributed by atoms with Gasteiger partial charge in [-0.05, 0) is 67.8 Å². The smallest absolute Gasteiger partial charge is 0.338 e. The second-order valence-corrected chi connectivity index (χ2v) is 9.52. The molecule has 2 amide bonds. The van der Waals surface area contributed by atoms with Crippen LogP contribution in [0, 0.1) is 13.8 Å². The van der Waals surface area contributed by atoms with Crippen LogP contribution < -0.4 is 4.90 Å². The van der Waals surface area contributed by atoms with Gasteiger partial charge in [0.05, 0.1) is 28.9 Å². The van der Waals surface area contributed by atoms with Crippen molar-refractivity contribution < 1.29 is 23.9 Å². The second kappa shape index (κ2) is 9.39. The Morgan fingerprint density at radius 2 is 1.56 bits per heavy atom. The highest BCUT2D eigenvalue weighted by Crippen LogP contribution is 2.28. The molecule has 0 N–H and O–H groups in total. The number of ketones is 1. The SMILES string of the molecule is Cc1cc(C(=O)COC(=O)c2ccc(N3C(=O)c4ccccc4C3=O)cc2)c(C)n1Cc1cccs1. The van der Waals surface area contributed by atoms with E-state index < -0.39 is 17.8 Å². The molecule has 1 aliphatic rings. The average molecular weight is 499 g/mol. The number of nitrogens with zero attached hydrogens (tertiary/aromatic N) is 2. The maximum Gasteiger partial charge on any atom is 0.338 e. The Morgan fingerprint density at radius 1 is 0.889 bits per heavy atom. The van der Waals surface area contributed by atoms with Crippen LogP contribution in [0.5, 0.6) is 0 Å². The topological polar surface area (TPSA) is 85.7 Å². The van der Waals surface area contributed by atoms with E-state index in [0.29, 0.717) is 28.9 Å². The van der Waals surface area contributed by atoms with Gasteiger partial charge in [0.15, 0.2) is 6.61 Å². The van der Waals surface area contributed by atoms with Crippen LogP contribution in [0.2, 0.25) is 0 Å². The van der Waals surface area contributed by atoms with Crippen molar-refractivity contribution in [1.29, 1.82) is 0 Å². The summed E-state index contributed by atoms with van der Waals surface area (Å²) in [6, 6.07) is 18.4. The molecule has 180 valence electrons. The third-order valence-electron chi connectivity index (χ3n) is 6.26. The number of carbonyl (C=O) groups excluding carboxylic acids is 4. The molecule has 0 spiro atoms. The van der Waals surface area contributed by atoms with Crippen LogP contribution in [0.1, 0.15) is 57.7 Å². The minimum absolute atomic E-state index is 0.214. The Morgan fingerprint density at radius 3 is 2.17 bits per heavy atom. The van der Waals surface area contributed by atoms with Crippen LogP contribution in [-0.2, 0) is 11.3 Å². The molecule has 2 aromatic carbocycles. The van der Waals surface area contributed by atoms with Gasteiger partial charge in [0.1, 0.15) is 0 Å². The quantitative estimate of drug-likeness (QED) is 0.202. The number of aromatic nitrogens is 1. The monoisotopic (exact) mass is 498 g/mol. The first-order chi connectivity index (χ1) is 17.3. The highest BCUT2D eigenvalue weighted by molar-refractivity contribution is 7.09. The van der Waals surface area contributed by atoms with Crippen LogP contribution in [-0.4, -0.2) is 34.7 Å². The fourth-order valence-electron chi connectivity index (χ4n) is 4.35. The van der Waals surface area contributed by atoms with Gasteiger partial charge in [-0.1, -0.05) is 18.2 Å². The molecule has 0 atom stereocenters. The number of amides is 2. The minimum atomic E-state index is -0.662. The molecule has 5 rings (SSSR count). The number of hydrogen-bond acceptors (Lipinski definition) is 6. The number of hydrogen-bond donors (Lipinski definition) is 0. The molecule has 2 aromatic heterocycles. The summed E-state index contributed by atoms with van der Waals surface area (Å²) in [6.45, 7) is 4.12. The number of anilines is 1. The van der Waals surface area contributed by atoms with Crippen molar-refractivity contribution in [1.82, 2.24) is 4.57 Å². The molecule has 0 fully saturated rings. The summed E-state index contributed by atoms with van der Waals surface area (Å²) in [5.74, 6) is -1.76. The maximum atomic E-state index is 12.8. The van der Waals surface area contributed by atoms with E-state index in [-0.39, 0.29) is 18.0 Å².